The highest BCUT2D eigenvalue weighted by Gasteiger charge is 2.29. The predicted octanol–water partition coefficient (Wildman–Crippen LogP) is 0.674. The van der Waals surface area contributed by atoms with Crippen molar-refractivity contribution >= 4 is 25.7 Å². The number of benzene rings is 1. The summed E-state index contributed by atoms with van der Waals surface area (Å²) in [6.07, 6.45) is 1.30. The highest BCUT2D eigenvalue weighted by Crippen LogP contribution is 2.31. The lowest BCUT2D eigenvalue weighted by atomic mass is 10.1. The van der Waals surface area contributed by atoms with Crippen molar-refractivity contribution in [2.45, 2.75) is 37.2 Å². The number of rotatable bonds is 6. The van der Waals surface area contributed by atoms with Gasteiger partial charge in [-0.25, -0.2) is 21.6 Å². The molecule has 0 unspecified atom stereocenters. The molecule has 10 heteroatoms. The molecule has 0 aliphatic carbocycles. The Hall–Kier alpha value is -1.36. The maximum atomic E-state index is 12.6. The average molecular weight is 392 g/mol. The van der Waals surface area contributed by atoms with Gasteiger partial charge in [-0.3, -0.25) is 4.31 Å². The van der Waals surface area contributed by atoms with Crippen molar-refractivity contribution in [1.29, 1.82) is 0 Å². The average Bonchev–Trinajstić information content (AvgIpc) is 2.51. The van der Waals surface area contributed by atoms with E-state index in [1.165, 1.54) is 43.5 Å². The number of hydrogen-bond acceptors (Lipinski definition) is 6. The van der Waals surface area contributed by atoms with Gasteiger partial charge in [-0.1, -0.05) is 0 Å². The monoisotopic (exact) mass is 392 g/mol. The Morgan fingerprint density at radius 1 is 1.32 bits per heavy atom. The quantitative estimate of drug-likeness (QED) is 0.736. The van der Waals surface area contributed by atoms with Crippen molar-refractivity contribution in [3.05, 3.63) is 18.2 Å². The first-order chi connectivity index (χ1) is 11.5. The number of aliphatic hydroxyl groups is 1. The van der Waals surface area contributed by atoms with Crippen molar-refractivity contribution in [1.82, 2.24) is 4.72 Å². The Kier molecular flexibility index (Phi) is 5.67. The van der Waals surface area contributed by atoms with Crippen molar-refractivity contribution in [3.8, 4) is 5.75 Å². The van der Waals surface area contributed by atoms with Gasteiger partial charge in [-0.05, 0) is 44.9 Å². The molecule has 8 nitrogen and oxygen atoms in total. The maximum Gasteiger partial charge on any atom is 0.244 e. The summed E-state index contributed by atoms with van der Waals surface area (Å²) in [6.45, 7) is 3.07. The third kappa shape index (κ3) is 4.84. The van der Waals surface area contributed by atoms with Crippen LogP contribution in [0.1, 0.15) is 26.7 Å². The molecule has 0 amide bonds. The molecular weight excluding hydrogens is 368 g/mol. The second-order valence-electron chi connectivity index (χ2n) is 6.57. The van der Waals surface area contributed by atoms with Crippen LogP contribution in [-0.2, 0) is 20.0 Å². The first-order valence-electron chi connectivity index (χ1n) is 7.87. The number of ether oxygens (including phenoxy) is 1. The molecule has 0 radical (unpaired) electrons. The number of nitrogens with one attached hydrogen (secondary N) is 1. The summed E-state index contributed by atoms with van der Waals surface area (Å²) in [5.41, 5.74) is -0.946. The lowest BCUT2D eigenvalue weighted by Gasteiger charge is -2.29. The van der Waals surface area contributed by atoms with Gasteiger partial charge in [-0.15, -0.1) is 0 Å². The second-order valence-corrected chi connectivity index (χ2v) is 10.3. The molecule has 0 atom stereocenters. The first-order valence-corrected chi connectivity index (χ1v) is 11.0. The summed E-state index contributed by atoms with van der Waals surface area (Å²) >= 11 is 0. The van der Waals surface area contributed by atoms with Crippen LogP contribution >= 0.6 is 0 Å². The second kappa shape index (κ2) is 7.10. The van der Waals surface area contributed by atoms with Crippen molar-refractivity contribution in [2.75, 3.05) is 30.3 Å². The summed E-state index contributed by atoms with van der Waals surface area (Å²) < 4.78 is 58.3. The zero-order chi connectivity index (χ0) is 18.9. The largest absolute Gasteiger partial charge is 0.495 e. The fourth-order valence-electron chi connectivity index (χ4n) is 2.46. The van der Waals surface area contributed by atoms with Crippen LogP contribution in [0.25, 0.3) is 0 Å². The molecule has 1 aliphatic heterocycles. The Bertz CT molecular complexity index is 828. The zero-order valence-corrected chi connectivity index (χ0v) is 16.2. The number of hydrogen-bond donors (Lipinski definition) is 2. The van der Waals surface area contributed by atoms with Crippen LogP contribution in [0.15, 0.2) is 23.1 Å². The number of nitrogens with zero attached hydrogens (tertiary/aromatic N) is 1. The van der Waals surface area contributed by atoms with Crippen LogP contribution in [0.4, 0.5) is 5.69 Å². The highest BCUT2D eigenvalue weighted by molar-refractivity contribution is 7.92. The fourth-order valence-corrected chi connectivity index (χ4v) is 5.48. The van der Waals surface area contributed by atoms with E-state index in [1.54, 1.807) is 0 Å². The minimum Gasteiger partial charge on any atom is -0.495 e. The van der Waals surface area contributed by atoms with Gasteiger partial charge in [0, 0.05) is 13.1 Å². The molecule has 1 heterocycles. The highest BCUT2D eigenvalue weighted by atomic mass is 32.2. The smallest absolute Gasteiger partial charge is 0.244 e. The molecule has 1 aromatic rings. The summed E-state index contributed by atoms with van der Waals surface area (Å²) in [4.78, 5) is -0.169. The Labute approximate surface area is 148 Å². The van der Waals surface area contributed by atoms with Crippen LogP contribution in [0.2, 0.25) is 0 Å². The normalized spacial score (nSPS) is 18.2. The minimum absolute atomic E-state index is 0.0397. The molecule has 142 valence electrons. The maximum absolute atomic E-state index is 12.6. The van der Waals surface area contributed by atoms with Crippen molar-refractivity contribution < 1.29 is 26.7 Å². The van der Waals surface area contributed by atoms with Gasteiger partial charge in [0.1, 0.15) is 10.6 Å². The molecule has 1 fully saturated rings. The van der Waals surface area contributed by atoms with Crippen LogP contribution in [0.3, 0.4) is 0 Å². The van der Waals surface area contributed by atoms with Gasteiger partial charge in [0.05, 0.1) is 24.2 Å². The van der Waals surface area contributed by atoms with E-state index in [2.05, 4.69) is 4.72 Å². The minimum atomic E-state index is -3.99. The standard InChI is InChI=1S/C15H24N2O6S2/c1-15(2,18)11-16-25(21,22)14-10-12(6-7-13(14)23-3)17-8-4-5-9-24(17,19)20/h6-7,10,16,18H,4-5,8-9,11H2,1-3H3. The van der Waals surface area contributed by atoms with E-state index in [1.807, 2.05) is 0 Å². The molecule has 0 spiro atoms. The van der Waals surface area contributed by atoms with E-state index in [0.29, 0.717) is 19.4 Å². The molecule has 0 saturated carbocycles. The molecule has 2 N–H and O–H groups in total. The molecule has 0 bridgehead atoms. The lowest BCUT2D eigenvalue weighted by Crippen LogP contribution is -2.39. The predicted molar refractivity (Wildman–Crippen MR) is 94.8 cm³/mol. The van der Waals surface area contributed by atoms with Gasteiger partial charge in [0.15, 0.2) is 0 Å². The van der Waals surface area contributed by atoms with Gasteiger partial charge >= 0.3 is 0 Å². The molecule has 1 aromatic carbocycles. The van der Waals surface area contributed by atoms with Crippen molar-refractivity contribution in [2.24, 2.45) is 0 Å². The Morgan fingerprint density at radius 3 is 2.56 bits per heavy atom. The summed E-state index contributed by atoms with van der Waals surface area (Å²) in [7, 11) is -6.11. The first kappa shape index (κ1) is 20.0. The van der Waals surface area contributed by atoms with E-state index in [-0.39, 0.29) is 28.6 Å². The third-order valence-electron chi connectivity index (χ3n) is 3.77. The van der Waals surface area contributed by atoms with Gasteiger partial charge < -0.3 is 9.84 Å². The van der Waals surface area contributed by atoms with Crippen molar-refractivity contribution in [3.63, 3.8) is 0 Å². The number of methoxy groups -OCH3 is 1. The van der Waals surface area contributed by atoms with Crippen LogP contribution in [0, 0.1) is 0 Å². The summed E-state index contributed by atoms with van der Waals surface area (Å²) in [5.74, 6) is 0.138. The summed E-state index contributed by atoms with van der Waals surface area (Å²) in [6, 6.07) is 4.24. The molecular formula is C15H24N2O6S2. The topological polar surface area (TPSA) is 113 Å². The lowest BCUT2D eigenvalue weighted by molar-refractivity contribution is 0.0857. The number of anilines is 1. The van der Waals surface area contributed by atoms with Crippen LogP contribution in [0.5, 0.6) is 5.75 Å². The molecule has 1 saturated heterocycles. The van der Waals surface area contributed by atoms with E-state index < -0.39 is 25.6 Å². The van der Waals surface area contributed by atoms with E-state index in [0.717, 1.165) is 0 Å². The van der Waals surface area contributed by atoms with Gasteiger partial charge in [0.25, 0.3) is 0 Å². The molecule has 1 aliphatic rings. The van der Waals surface area contributed by atoms with Crippen LogP contribution < -0.4 is 13.8 Å². The number of sulfonamides is 2. The summed E-state index contributed by atoms with van der Waals surface area (Å²) in [5, 5.41) is 9.74. The van der Waals surface area contributed by atoms with E-state index in [9.17, 15) is 21.9 Å². The Morgan fingerprint density at radius 2 is 2.00 bits per heavy atom. The van der Waals surface area contributed by atoms with E-state index >= 15 is 0 Å². The molecule has 2 rings (SSSR count). The molecule has 0 aromatic heterocycles. The van der Waals surface area contributed by atoms with Gasteiger partial charge in [-0.2, -0.15) is 0 Å². The SMILES string of the molecule is COc1ccc(N2CCCCS2(=O)=O)cc1S(=O)(=O)NCC(C)(C)O. The molecule has 25 heavy (non-hydrogen) atoms. The van der Waals surface area contributed by atoms with E-state index in [4.69, 9.17) is 4.74 Å². The van der Waals surface area contributed by atoms with Crippen LogP contribution in [-0.4, -0.2) is 53.5 Å². The van der Waals surface area contributed by atoms with Gasteiger partial charge in [0.2, 0.25) is 20.0 Å². The zero-order valence-electron chi connectivity index (χ0n) is 14.5. The fraction of sp³-hybridized carbons (Fsp3) is 0.600. The third-order valence-corrected chi connectivity index (χ3v) is 7.06. The Balaban J connectivity index is 2.44.